The average molecular weight is 275 g/mol. The molecular weight excluding hydrogens is 250 g/mol. The summed E-state index contributed by atoms with van der Waals surface area (Å²) in [6.45, 7) is 8.68. The third-order valence-corrected chi connectivity index (χ3v) is 4.22. The fourth-order valence-electron chi connectivity index (χ4n) is 2.93. The maximum Gasteiger partial charge on any atom is 0.253 e. The van der Waals surface area contributed by atoms with Crippen molar-refractivity contribution >= 4 is 5.91 Å². The van der Waals surface area contributed by atoms with Crippen LogP contribution in [0.2, 0.25) is 0 Å². The van der Waals surface area contributed by atoms with Crippen LogP contribution in [0, 0.1) is 0 Å². The first kappa shape index (κ1) is 15.0. The number of likely N-dealkylation sites (N-methyl/N-ethyl adjacent to an activating group) is 1. The SMILES string of the molecule is CCN(CC)C1CCN(C(=O)c2ccc(CN)cc2)C1. The molecule has 4 heteroatoms. The molecule has 0 spiro atoms. The topological polar surface area (TPSA) is 49.6 Å². The van der Waals surface area contributed by atoms with Crippen molar-refractivity contribution in [2.75, 3.05) is 26.2 Å². The average Bonchev–Trinajstić information content (AvgIpc) is 2.97. The van der Waals surface area contributed by atoms with E-state index < -0.39 is 0 Å². The number of amides is 1. The molecule has 4 nitrogen and oxygen atoms in total. The maximum absolute atomic E-state index is 12.5. The predicted octanol–water partition coefficient (Wildman–Crippen LogP) is 1.70. The van der Waals surface area contributed by atoms with Crippen LogP contribution in [0.3, 0.4) is 0 Å². The van der Waals surface area contributed by atoms with Crippen LogP contribution < -0.4 is 5.73 Å². The number of likely N-dealkylation sites (tertiary alicyclic amines) is 1. The molecule has 1 aromatic rings. The summed E-state index contributed by atoms with van der Waals surface area (Å²) in [4.78, 5) is 16.9. The van der Waals surface area contributed by atoms with Gasteiger partial charge in [-0.05, 0) is 37.2 Å². The minimum atomic E-state index is 0.142. The minimum absolute atomic E-state index is 0.142. The van der Waals surface area contributed by atoms with Crippen molar-refractivity contribution in [1.82, 2.24) is 9.80 Å². The summed E-state index contributed by atoms with van der Waals surface area (Å²) in [6, 6.07) is 8.15. The highest BCUT2D eigenvalue weighted by Gasteiger charge is 2.29. The van der Waals surface area contributed by atoms with Crippen LogP contribution >= 0.6 is 0 Å². The number of nitrogens with two attached hydrogens (primary N) is 1. The molecule has 0 aliphatic carbocycles. The van der Waals surface area contributed by atoms with Gasteiger partial charge in [0.25, 0.3) is 5.91 Å². The van der Waals surface area contributed by atoms with Crippen LogP contribution in [0.25, 0.3) is 0 Å². The first-order chi connectivity index (χ1) is 9.69. The van der Waals surface area contributed by atoms with Crippen molar-refractivity contribution in [1.29, 1.82) is 0 Å². The molecule has 1 amide bonds. The predicted molar refractivity (Wildman–Crippen MR) is 81.6 cm³/mol. The fraction of sp³-hybridized carbons (Fsp3) is 0.562. The van der Waals surface area contributed by atoms with E-state index in [4.69, 9.17) is 5.73 Å². The Morgan fingerprint density at radius 2 is 1.95 bits per heavy atom. The van der Waals surface area contributed by atoms with Crippen LogP contribution in [-0.2, 0) is 6.54 Å². The number of carbonyl (C=O) groups excluding carboxylic acids is 1. The van der Waals surface area contributed by atoms with Gasteiger partial charge in [-0.1, -0.05) is 26.0 Å². The van der Waals surface area contributed by atoms with Crippen molar-refractivity contribution in [2.24, 2.45) is 5.73 Å². The zero-order valence-corrected chi connectivity index (χ0v) is 12.5. The molecule has 20 heavy (non-hydrogen) atoms. The summed E-state index contributed by atoms with van der Waals surface area (Å²) < 4.78 is 0. The third kappa shape index (κ3) is 3.19. The van der Waals surface area contributed by atoms with Gasteiger partial charge >= 0.3 is 0 Å². The molecule has 1 aliphatic rings. The molecule has 0 radical (unpaired) electrons. The molecule has 1 aromatic carbocycles. The van der Waals surface area contributed by atoms with Gasteiger partial charge in [-0.15, -0.1) is 0 Å². The number of hydrogen-bond acceptors (Lipinski definition) is 3. The summed E-state index contributed by atoms with van der Waals surface area (Å²) in [5.41, 5.74) is 7.40. The van der Waals surface area contributed by atoms with Crippen molar-refractivity contribution in [3.05, 3.63) is 35.4 Å². The largest absolute Gasteiger partial charge is 0.337 e. The third-order valence-electron chi connectivity index (χ3n) is 4.22. The molecule has 0 aromatic heterocycles. The van der Waals surface area contributed by atoms with Gasteiger partial charge in [0, 0.05) is 31.2 Å². The summed E-state index contributed by atoms with van der Waals surface area (Å²) in [5.74, 6) is 0.142. The Kier molecular flexibility index (Phi) is 5.15. The number of benzene rings is 1. The molecule has 110 valence electrons. The quantitative estimate of drug-likeness (QED) is 0.890. The van der Waals surface area contributed by atoms with Crippen LogP contribution in [0.15, 0.2) is 24.3 Å². The van der Waals surface area contributed by atoms with Gasteiger partial charge in [0.2, 0.25) is 0 Å². The maximum atomic E-state index is 12.5. The Balaban J connectivity index is 2.00. The lowest BCUT2D eigenvalue weighted by Gasteiger charge is -2.26. The van der Waals surface area contributed by atoms with Gasteiger partial charge in [-0.3, -0.25) is 9.69 Å². The first-order valence-corrected chi connectivity index (χ1v) is 7.51. The van der Waals surface area contributed by atoms with Gasteiger partial charge in [-0.25, -0.2) is 0 Å². The van der Waals surface area contributed by atoms with E-state index in [2.05, 4.69) is 18.7 Å². The monoisotopic (exact) mass is 275 g/mol. The second-order valence-electron chi connectivity index (χ2n) is 5.32. The Bertz CT molecular complexity index is 440. The Hall–Kier alpha value is -1.39. The Labute approximate surface area is 121 Å². The number of rotatable bonds is 5. The van der Waals surface area contributed by atoms with E-state index >= 15 is 0 Å². The molecule has 0 bridgehead atoms. The molecule has 0 saturated carbocycles. The summed E-state index contributed by atoms with van der Waals surface area (Å²) in [5, 5.41) is 0. The highest BCUT2D eigenvalue weighted by molar-refractivity contribution is 5.94. The van der Waals surface area contributed by atoms with Crippen LogP contribution in [0.1, 0.15) is 36.2 Å². The lowest BCUT2D eigenvalue weighted by atomic mass is 10.1. The van der Waals surface area contributed by atoms with Crippen LogP contribution in [0.5, 0.6) is 0 Å². The van der Waals surface area contributed by atoms with E-state index in [1.165, 1.54) is 0 Å². The van der Waals surface area contributed by atoms with Gasteiger partial charge < -0.3 is 10.6 Å². The molecule has 1 atom stereocenters. The molecule has 2 N–H and O–H groups in total. The molecule has 2 rings (SSSR count). The van der Waals surface area contributed by atoms with E-state index in [-0.39, 0.29) is 5.91 Å². The van der Waals surface area contributed by atoms with Gasteiger partial charge in [0.1, 0.15) is 0 Å². The summed E-state index contributed by atoms with van der Waals surface area (Å²) >= 11 is 0. The summed E-state index contributed by atoms with van der Waals surface area (Å²) in [7, 11) is 0. The molecule has 1 saturated heterocycles. The van der Waals surface area contributed by atoms with Crippen molar-refractivity contribution in [3.8, 4) is 0 Å². The highest BCUT2D eigenvalue weighted by Crippen LogP contribution is 2.18. The summed E-state index contributed by atoms with van der Waals surface area (Å²) in [6.07, 6.45) is 1.08. The minimum Gasteiger partial charge on any atom is -0.337 e. The van der Waals surface area contributed by atoms with E-state index in [9.17, 15) is 4.79 Å². The fourth-order valence-corrected chi connectivity index (χ4v) is 2.93. The smallest absolute Gasteiger partial charge is 0.253 e. The molecule has 1 fully saturated rings. The standard InChI is InChI=1S/C16H25N3O/c1-3-18(4-2)15-9-10-19(12-15)16(20)14-7-5-13(11-17)6-8-14/h5-8,15H,3-4,9-12,17H2,1-2H3. The highest BCUT2D eigenvalue weighted by atomic mass is 16.2. The number of hydrogen-bond donors (Lipinski definition) is 1. The van der Waals surface area contributed by atoms with Crippen LogP contribution in [0.4, 0.5) is 0 Å². The van der Waals surface area contributed by atoms with Crippen molar-refractivity contribution in [2.45, 2.75) is 32.9 Å². The molecular formula is C16H25N3O. The van der Waals surface area contributed by atoms with E-state index in [0.29, 0.717) is 12.6 Å². The second-order valence-corrected chi connectivity index (χ2v) is 5.32. The Morgan fingerprint density at radius 1 is 1.30 bits per heavy atom. The van der Waals surface area contributed by atoms with Crippen molar-refractivity contribution < 1.29 is 4.79 Å². The second kappa shape index (κ2) is 6.86. The first-order valence-electron chi connectivity index (χ1n) is 7.51. The normalized spacial score (nSPS) is 18.8. The van der Waals surface area contributed by atoms with Gasteiger partial charge in [-0.2, -0.15) is 0 Å². The molecule has 1 heterocycles. The Morgan fingerprint density at radius 3 is 2.50 bits per heavy atom. The van der Waals surface area contributed by atoms with E-state index in [0.717, 1.165) is 43.7 Å². The van der Waals surface area contributed by atoms with Gasteiger partial charge in [0.05, 0.1) is 0 Å². The number of nitrogens with zero attached hydrogens (tertiary/aromatic N) is 2. The zero-order chi connectivity index (χ0) is 14.5. The zero-order valence-electron chi connectivity index (χ0n) is 12.5. The van der Waals surface area contributed by atoms with E-state index in [1.807, 2.05) is 29.2 Å². The van der Waals surface area contributed by atoms with Crippen LogP contribution in [-0.4, -0.2) is 47.9 Å². The van der Waals surface area contributed by atoms with Crippen molar-refractivity contribution in [3.63, 3.8) is 0 Å². The lowest BCUT2D eigenvalue weighted by Crippen LogP contribution is -2.38. The lowest BCUT2D eigenvalue weighted by molar-refractivity contribution is 0.0778. The molecule has 1 unspecified atom stereocenters. The molecule has 1 aliphatic heterocycles. The number of carbonyl (C=O) groups is 1. The van der Waals surface area contributed by atoms with E-state index in [1.54, 1.807) is 0 Å². The van der Waals surface area contributed by atoms with Gasteiger partial charge in [0.15, 0.2) is 0 Å².